The summed E-state index contributed by atoms with van der Waals surface area (Å²) in [5, 5.41) is 3.39. The van der Waals surface area contributed by atoms with Crippen molar-refractivity contribution in [1.82, 2.24) is 15.1 Å². The maximum Gasteiger partial charge on any atom is 0.236 e. The van der Waals surface area contributed by atoms with Crippen molar-refractivity contribution in [2.45, 2.75) is 46.1 Å². The second-order valence-corrected chi connectivity index (χ2v) is 5.02. The van der Waals surface area contributed by atoms with Crippen molar-refractivity contribution in [2.24, 2.45) is 0 Å². The van der Waals surface area contributed by atoms with Gasteiger partial charge in [0.25, 0.3) is 0 Å². The molecule has 1 fully saturated rings. The number of carbonyl (C=O) groups is 1. The maximum absolute atomic E-state index is 12.2. The molecule has 19 heavy (non-hydrogen) atoms. The minimum atomic E-state index is 0. The SMILES string of the molecule is CCCN(CC(=O)N(CC)CC)C1CCNCC1.Cl. The first-order valence-electron chi connectivity index (χ1n) is 7.45. The summed E-state index contributed by atoms with van der Waals surface area (Å²) in [4.78, 5) is 16.5. The van der Waals surface area contributed by atoms with E-state index in [1.807, 2.05) is 4.90 Å². The topological polar surface area (TPSA) is 35.6 Å². The van der Waals surface area contributed by atoms with E-state index in [1.165, 1.54) is 12.8 Å². The van der Waals surface area contributed by atoms with Crippen LogP contribution in [0.2, 0.25) is 0 Å². The van der Waals surface area contributed by atoms with E-state index in [0.717, 1.165) is 39.1 Å². The first kappa shape index (κ1) is 18.7. The predicted octanol–water partition coefficient (Wildman–Crippen LogP) is 1.74. The van der Waals surface area contributed by atoms with Crippen LogP contribution in [0.5, 0.6) is 0 Å². The number of halogens is 1. The fourth-order valence-corrected chi connectivity index (χ4v) is 2.70. The Bertz CT molecular complexity index is 241. The number of nitrogens with one attached hydrogen (secondary N) is 1. The normalized spacial score (nSPS) is 16.2. The fraction of sp³-hybridized carbons (Fsp3) is 0.929. The Labute approximate surface area is 124 Å². The lowest BCUT2D eigenvalue weighted by molar-refractivity contribution is -0.132. The third-order valence-electron chi connectivity index (χ3n) is 3.79. The minimum Gasteiger partial charge on any atom is -0.342 e. The Hall–Kier alpha value is -0.320. The zero-order valence-electron chi connectivity index (χ0n) is 12.7. The standard InChI is InChI=1S/C14H29N3O.ClH/c1-4-11-17(13-7-9-15-10-8-13)12-14(18)16(5-2)6-3;/h13,15H,4-12H2,1-3H3;1H. The van der Waals surface area contributed by atoms with Crippen molar-refractivity contribution >= 4 is 18.3 Å². The molecule has 0 spiro atoms. The Morgan fingerprint density at radius 2 is 1.74 bits per heavy atom. The van der Waals surface area contributed by atoms with Gasteiger partial charge in [0.1, 0.15) is 0 Å². The number of piperidine rings is 1. The molecule has 0 atom stereocenters. The van der Waals surface area contributed by atoms with E-state index >= 15 is 0 Å². The highest BCUT2D eigenvalue weighted by atomic mass is 35.5. The van der Waals surface area contributed by atoms with Gasteiger partial charge in [-0.1, -0.05) is 6.92 Å². The van der Waals surface area contributed by atoms with Crippen molar-refractivity contribution in [3.05, 3.63) is 0 Å². The van der Waals surface area contributed by atoms with Crippen LogP contribution < -0.4 is 5.32 Å². The van der Waals surface area contributed by atoms with E-state index in [1.54, 1.807) is 0 Å². The second-order valence-electron chi connectivity index (χ2n) is 5.02. The van der Waals surface area contributed by atoms with Crippen LogP contribution in [0.3, 0.4) is 0 Å². The molecule has 0 radical (unpaired) electrons. The first-order valence-corrected chi connectivity index (χ1v) is 7.45. The van der Waals surface area contributed by atoms with Crippen LogP contribution in [0.4, 0.5) is 0 Å². The van der Waals surface area contributed by atoms with Crippen LogP contribution in [0.15, 0.2) is 0 Å². The van der Waals surface area contributed by atoms with E-state index in [-0.39, 0.29) is 18.3 Å². The molecule has 0 aromatic carbocycles. The molecule has 1 amide bonds. The molecule has 0 bridgehead atoms. The van der Waals surface area contributed by atoms with Gasteiger partial charge in [-0.15, -0.1) is 12.4 Å². The number of hydrogen-bond acceptors (Lipinski definition) is 3. The molecule has 114 valence electrons. The molecule has 1 rings (SSSR count). The first-order chi connectivity index (χ1) is 8.72. The number of nitrogens with zero attached hydrogens (tertiary/aromatic N) is 2. The fourth-order valence-electron chi connectivity index (χ4n) is 2.70. The van der Waals surface area contributed by atoms with E-state index < -0.39 is 0 Å². The average Bonchev–Trinajstić information content (AvgIpc) is 2.40. The maximum atomic E-state index is 12.2. The molecule has 1 heterocycles. The van der Waals surface area contributed by atoms with E-state index in [9.17, 15) is 4.79 Å². The number of likely N-dealkylation sites (N-methyl/N-ethyl adjacent to an activating group) is 1. The molecule has 5 heteroatoms. The minimum absolute atomic E-state index is 0. The lowest BCUT2D eigenvalue weighted by Crippen LogP contribution is -2.48. The number of amides is 1. The van der Waals surface area contributed by atoms with Gasteiger partial charge in [-0.2, -0.15) is 0 Å². The van der Waals surface area contributed by atoms with Gasteiger partial charge in [-0.25, -0.2) is 0 Å². The molecule has 1 N–H and O–H groups in total. The lowest BCUT2D eigenvalue weighted by Gasteiger charge is -2.35. The molecule has 0 aromatic rings. The lowest BCUT2D eigenvalue weighted by atomic mass is 10.0. The van der Waals surface area contributed by atoms with Crippen molar-refractivity contribution in [2.75, 3.05) is 39.3 Å². The van der Waals surface area contributed by atoms with Crippen LogP contribution in [0, 0.1) is 0 Å². The van der Waals surface area contributed by atoms with Gasteiger partial charge in [0.05, 0.1) is 6.54 Å². The van der Waals surface area contributed by atoms with Crippen LogP contribution in [-0.2, 0) is 4.79 Å². The van der Waals surface area contributed by atoms with Crippen molar-refractivity contribution in [3.8, 4) is 0 Å². The van der Waals surface area contributed by atoms with Gasteiger partial charge >= 0.3 is 0 Å². The molecule has 1 aliphatic rings. The molecule has 4 nitrogen and oxygen atoms in total. The quantitative estimate of drug-likeness (QED) is 0.776. The molecular formula is C14H30ClN3O. The average molecular weight is 292 g/mol. The molecule has 1 aliphatic heterocycles. The van der Waals surface area contributed by atoms with Gasteiger partial charge in [0.15, 0.2) is 0 Å². The summed E-state index contributed by atoms with van der Waals surface area (Å²) < 4.78 is 0. The highest BCUT2D eigenvalue weighted by Crippen LogP contribution is 2.12. The molecule has 0 unspecified atom stereocenters. The highest BCUT2D eigenvalue weighted by molar-refractivity contribution is 5.85. The summed E-state index contributed by atoms with van der Waals surface area (Å²) in [6, 6.07) is 0.589. The molecule has 0 aromatic heterocycles. The van der Waals surface area contributed by atoms with Crippen LogP contribution in [0.1, 0.15) is 40.0 Å². The van der Waals surface area contributed by atoms with Gasteiger partial charge in [-0.3, -0.25) is 9.69 Å². The van der Waals surface area contributed by atoms with Crippen molar-refractivity contribution in [3.63, 3.8) is 0 Å². The number of hydrogen-bond donors (Lipinski definition) is 1. The molecule has 0 saturated carbocycles. The predicted molar refractivity (Wildman–Crippen MR) is 82.9 cm³/mol. The number of carbonyl (C=O) groups excluding carboxylic acids is 1. The smallest absolute Gasteiger partial charge is 0.236 e. The van der Waals surface area contributed by atoms with Crippen LogP contribution in [0.25, 0.3) is 0 Å². The zero-order chi connectivity index (χ0) is 13.4. The Morgan fingerprint density at radius 3 is 2.21 bits per heavy atom. The van der Waals surface area contributed by atoms with Gasteiger partial charge in [0.2, 0.25) is 5.91 Å². The summed E-state index contributed by atoms with van der Waals surface area (Å²) in [5.41, 5.74) is 0. The second kappa shape index (κ2) is 10.5. The van der Waals surface area contributed by atoms with Gasteiger partial charge < -0.3 is 10.2 Å². The van der Waals surface area contributed by atoms with E-state index in [4.69, 9.17) is 0 Å². The largest absolute Gasteiger partial charge is 0.342 e. The van der Waals surface area contributed by atoms with Gasteiger partial charge in [-0.05, 0) is 52.7 Å². The molecule has 1 saturated heterocycles. The summed E-state index contributed by atoms with van der Waals surface area (Å²) >= 11 is 0. The molecular weight excluding hydrogens is 262 g/mol. The van der Waals surface area contributed by atoms with Gasteiger partial charge in [0, 0.05) is 19.1 Å². The molecule has 0 aliphatic carbocycles. The summed E-state index contributed by atoms with van der Waals surface area (Å²) in [6.07, 6.45) is 3.46. The van der Waals surface area contributed by atoms with Crippen LogP contribution >= 0.6 is 12.4 Å². The number of rotatable bonds is 7. The van der Waals surface area contributed by atoms with Crippen LogP contribution in [-0.4, -0.2) is 61.0 Å². The summed E-state index contributed by atoms with van der Waals surface area (Å²) in [5.74, 6) is 0.284. The van der Waals surface area contributed by atoms with Crippen molar-refractivity contribution in [1.29, 1.82) is 0 Å². The zero-order valence-corrected chi connectivity index (χ0v) is 13.5. The Morgan fingerprint density at radius 1 is 1.16 bits per heavy atom. The summed E-state index contributed by atoms with van der Waals surface area (Å²) in [6.45, 7) is 11.7. The third kappa shape index (κ3) is 6.11. The van der Waals surface area contributed by atoms with Crippen molar-refractivity contribution < 1.29 is 4.79 Å². The van der Waals surface area contributed by atoms with E-state index in [2.05, 4.69) is 31.0 Å². The van der Waals surface area contributed by atoms with E-state index in [0.29, 0.717) is 12.6 Å². The third-order valence-corrected chi connectivity index (χ3v) is 3.79. The monoisotopic (exact) mass is 291 g/mol. The highest BCUT2D eigenvalue weighted by Gasteiger charge is 2.23. The Balaban J connectivity index is 0.00000324. The summed E-state index contributed by atoms with van der Waals surface area (Å²) in [7, 11) is 0. The Kier molecular flexibility index (Phi) is 10.3.